The molecular weight excluding hydrogens is 561 g/mol. The summed E-state index contributed by atoms with van der Waals surface area (Å²) in [6.07, 6.45) is -0.161. The van der Waals surface area contributed by atoms with Gasteiger partial charge in [-0.2, -0.15) is 0 Å². The fraction of sp³-hybridized carbons (Fsp3) is 0.323. The topological polar surface area (TPSA) is 85.0 Å². The standard InChI is InChI=1S/C31H33Cl2N5O3/c32-24-17-25(33)19-26(18-24)35-28(39)20-27-31(41)34-11-12-38(27)29(40)21-36-13-15-37(16-14-36)30(22-7-3-1-4-8-22)23-9-5-2-6-10-23/h1-10,17-19,27,30H,11-16,20-21H2,(H,34,41)(H,35,39). The highest BCUT2D eigenvalue weighted by Crippen LogP contribution is 2.29. The fourth-order valence-corrected chi connectivity index (χ4v) is 6.10. The molecule has 2 aliphatic rings. The molecule has 3 aromatic carbocycles. The van der Waals surface area contributed by atoms with E-state index in [1.165, 1.54) is 16.0 Å². The van der Waals surface area contributed by atoms with Gasteiger partial charge in [0.25, 0.3) is 0 Å². The number of nitrogens with one attached hydrogen (secondary N) is 2. The van der Waals surface area contributed by atoms with Gasteiger partial charge < -0.3 is 15.5 Å². The molecule has 3 amide bonds. The molecular formula is C31H33Cl2N5O3. The Hall–Kier alpha value is -3.43. The van der Waals surface area contributed by atoms with Crippen LogP contribution in [0.15, 0.2) is 78.9 Å². The molecule has 2 heterocycles. The van der Waals surface area contributed by atoms with E-state index in [0.717, 1.165) is 26.2 Å². The quantitative estimate of drug-likeness (QED) is 0.411. The predicted octanol–water partition coefficient (Wildman–Crippen LogP) is 4.06. The number of hydrogen-bond acceptors (Lipinski definition) is 5. The van der Waals surface area contributed by atoms with Crippen molar-refractivity contribution in [1.29, 1.82) is 0 Å². The number of nitrogens with zero attached hydrogens (tertiary/aromatic N) is 3. The maximum atomic E-state index is 13.4. The van der Waals surface area contributed by atoms with Gasteiger partial charge in [-0.3, -0.25) is 24.2 Å². The summed E-state index contributed by atoms with van der Waals surface area (Å²) in [6.45, 7) is 3.97. The Balaban J connectivity index is 1.20. The molecule has 0 bridgehead atoms. The summed E-state index contributed by atoms with van der Waals surface area (Å²) < 4.78 is 0. The van der Waals surface area contributed by atoms with E-state index in [-0.39, 0.29) is 30.8 Å². The zero-order valence-electron chi connectivity index (χ0n) is 22.6. The van der Waals surface area contributed by atoms with Gasteiger partial charge in [0.15, 0.2) is 0 Å². The van der Waals surface area contributed by atoms with Crippen molar-refractivity contribution in [3.63, 3.8) is 0 Å². The molecule has 214 valence electrons. The first-order valence-corrected chi connectivity index (χ1v) is 14.5. The van der Waals surface area contributed by atoms with Gasteiger partial charge in [-0.05, 0) is 29.3 Å². The minimum atomic E-state index is -0.882. The SMILES string of the molecule is O=C(CC1C(=O)NCCN1C(=O)CN1CCN(C(c2ccccc2)c2ccccc2)CC1)Nc1cc(Cl)cc(Cl)c1. The van der Waals surface area contributed by atoms with Crippen LogP contribution in [0.3, 0.4) is 0 Å². The fourth-order valence-electron chi connectivity index (χ4n) is 5.58. The van der Waals surface area contributed by atoms with Crippen molar-refractivity contribution in [3.05, 3.63) is 100 Å². The van der Waals surface area contributed by atoms with Crippen LogP contribution in [-0.2, 0) is 14.4 Å². The van der Waals surface area contributed by atoms with Crippen LogP contribution in [0.1, 0.15) is 23.6 Å². The van der Waals surface area contributed by atoms with Crippen LogP contribution in [0.2, 0.25) is 10.0 Å². The predicted molar refractivity (Wildman–Crippen MR) is 161 cm³/mol. The third-order valence-corrected chi connectivity index (χ3v) is 7.97. The van der Waals surface area contributed by atoms with Crippen molar-refractivity contribution in [2.24, 2.45) is 0 Å². The third-order valence-electron chi connectivity index (χ3n) is 7.54. The summed E-state index contributed by atoms with van der Waals surface area (Å²) in [4.78, 5) is 45.1. The molecule has 0 radical (unpaired) electrons. The molecule has 2 N–H and O–H groups in total. The van der Waals surface area contributed by atoms with Crippen LogP contribution < -0.4 is 10.6 Å². The normalized spacial score (nSPS) is 18.3. The van der Waals surface area contributed by atoms with E-state index in [2.05, 4.69) is 69.0 Å². The number of anilines is 1. The average molecular weight is 595 g/mol. The van der Waals surface area contributed by atoms with Gasteiger partial charge in [-0.1, -0.05) is 83.9 Å². The van der Waals surface area contributed by atoms with Gasteiger partial charge >= 0.3 is 0 Å². The molecule has 0 spiro atoms. The summed E-state index contributed by atoms with van der Waals surface area (Å²) in [5.41, 5.74) is 2.91. The Kier molecular flexibility index (Phi) is 9.57. The number of rotatable bonds is 8. The molecule has 1 unspecified atom stereocenters. The van der Waals surface area contributed by atoms with Gasteiger partial charge in [-0.15, -0.1) is 0 Å². The number of carbonyl (C=O) groups excluding carboxylic acids is 3. The Morgan fingerprint density at radius 2 is 1.44 bits per heavy atom. The Bertz CT molecular complexity index is 1310. The van der Waals surface area contributed by atoms with E-state index < -0.39 is 11.9 Å². The molecule has 3 aromatic rings. The molecule has 10 heteroatoms. The zero-order valence-corrected chi connectivity index (χ0v) is 24.2. The highest BCUT2D eigenvalue weighted by atomic mass is 35.5. The van der Waals surface area contributed by atoms with Gasteiger partial charge in [0.2, 0.25) is 17.7 Å². The first-order chi connectivity index (χ1) is 19.9. The van der Waals surface area contributed by atoms with E-state index in [9.17, 15) is 14.4 Å². The second kappa shape index (κ2) is 13.5. The zero-order chi connectivity index (χ0) is 28.8. The van der Waals surface area contributed by atoms with Crippen LogP contribution >= 0.6 is 23.2 Å². The number of piperazine rings is 2. The van der Waals surface area contributed by atoms with Crippen molar-refractivity contribution in [3.8, 4) is 0 Å². The lowest BCUT2D eigenvalue weighted by molar-refractivity contribution is -0.145. The summed E-state index contributed by atoms with van der Waals surface area (Å²) in [5.74, 6) is -0.883. The molecule has 0 saturated carbocycles. The molecule has 1 atom stereocenters. The van der Waals surface area contributed by atoms with Gasteiger partial charge in [0.1, 0.15) is 6.04 Å². The van der Waals surface area contributed by atoms with Crippen molar-refractivity contribution in [2.75, 3.05) is 51.1 Å². The maximum absolute atomic E-state index is 13.4. The monoisotopic (exact) mass is 593 g/mol. The number of carbonyl (C=O) groups is 3. The summed E-state index contributed by atoms with van der Waals surface area (Å²) in [7, 11) is 0. The Morgan fingerprint density at radius 1 is 0.854 bits per heavy atom. The molecule has 8 nitrogen and oxygen atoms in total. The molecule has 41 heavy (non-hydrogen) atoms. The highest BCUT2D eigenvalue weighted by molar-refractivity contribution is 6.35. The lowest BCUT2D eigenvalue weighted by Crippen LogP contribution is -2.60. The van der Waals surface area contributed by atoms with E-state index in [0.29, 0.717) is 28.8 Å². The molecule has 2 aliphatic heterocycles. The molecule has 2 fully saturated rings. The summed E-state index contributed by atoms with van der Waals surface area (Å²) in [5, 5.41) is 6.29. The Morgan fingerprint density at radius 3 is 2.02 bits per heavy atom. The van der Waals surface area contributed by atoms with E-state index in [4.69, 9.17) is 23.2 Å². The third kappa shape index (κ3) is 7.45. The lowest BCUT2D eigenvalue weighted by Gasteiger charge is -2.41. The molecule has 5 rings (SSSR count). The first-order valence-electron chi connectivity index (χ1n) is 13.8. The average Bonchev–Trinajstić information content (AvgIpc) is 2.96. The van der Waals surface area contributed by atoms with Crippen LogP contribution in [0.5, 0.6) is 0 Å². The summed E-state index contributed by atoms with van der Waals surface area (Å²) >= 11 is 12.1. The van der Waals surface area contributed by atoms with E-state index in [1.54, 1.807) is 18.2 Å². The highest BCUT2D eigenvalue weighted by Gasteiger charge is 2.36. The van der Waals surface area contributed by atoms with Crippen LogP contribution in [0.4, 0.5) is 5.69 Å². The number of amides is 3. The van der Waals surface area contributed by atoms with Crippen molar-refractivity contribution in [1.82, 2.24) is 20.0 Å². The Labute approximate surface area is 250 Å². The number of hydrogen-bond donors (Lipinski definition) is 2. The number of halogens is 2. The van der Waals surface area contributed by atoms with Crippen molar-refractivity contribution in [2.45, 2.75) is 18.5 Å². The van der Waals surface area contributed by atoms with Gasteiger partial charge in [-0.25, -0.2) is 0 Å². The molecule has 0 aromatic heterocycles. The smallest absolute Gasteiger partial charge is 0.243 e. The van der Waals surface area contributed by atoms with Crippen molar-refractivity contribution < 1.29 is 14.4 Å². The summed E-state index contributed by atoms with van der Waals surface area (Å²) in [6, 6.07) is 24.9. The molecule has 2 saturated heterocycles. The van der Waals surface area contributed by atoms with Crippen LogP contribution in [0, 0.1) is 0 Å². The van der Waals surface area contributed by atoms with Crippen LogP contribution in [-0.4, -0.2) is 84.3 Å². The minimum absolute atomic E-state index is 0.137. The van der Waals surface area contributed by atoms with E-state index >= 15 is 0 Å². The van der Waals surface area contributed by atoms with Gasteiger partial charge in [0.05, 0.1) is 19.0 Å². The first kappa shape index (κ1) is 29.1. The second-order valence-corrected chi connectivity index (χ2v) is 11.2. The second-order valence-electron chi connectivity index (χ2n) is 10.3. The van der Waals surface area contributed by atoms with E-state index in [1.807, 2.05) is 12.1 Å². The minimum Gasteiger partial charge on any atom is -0.353 e. The maximum Gasteiger partial charge on any atom is 0.243 e. The lowest BCUT2D eigenvalue weighted by atomic mass is 9.96. The van der Waals surface area contributed by atoms with Crippen LogP contribution in [0.25, 0.3) is 0 Å². The molecule has 0 aliphatic carbocycles. The van der Waals surface area contributed by atoms with Crippen molar-refractivity contribution >= 4 is 46.6 Å². The number of benzene rings is 3. The largest absolute Gasteiger partial charge is 0.353 e. The van der Waals surface area contributed by atoms with Gasteiger partial charge in [0, 0.05) is 55.0 Å².